The van der Waals surface area contributed by atoms with Gasteiger partial charge in [-0.2, -0.15) is 0 Å². The molecule has 19 heavy (non-hydrogen) atoms. The van der Waals surface area contributed by atoms with E-state index in [1.165, 1.54) is 12.1 Å². The lowest BCUT2D eigenvalue weighted by molar-refractivity contribution is 0.373. The molecule has 0 aromatic heterocycles. The molecule has 0 radical (unpaired) electrons. The molecule has 1 aliphatic rings. The Morgan fingerprint density at radius 1 is 1.26 bits per heavy atom. The molecule has 0 bridgehead atoms. The molecule has 7 heteroatoms. The molecule has 0 aliphatic heterocycles. The van der Waals surface area contributed by atoms with Crippen LogP contribution in [0.3, 0.4) is 0 Å². The highest BCUT2D eigenvalue weighted by Gasteiger charge is 2.24. The van der Waals surface area contributed by atoms with E-state index in [1.807, 2.05) is 0 Å². The summed E-state index contributed by atoms with van der Waals surface area (Å²) in [6.07, 6.45) is 3.06. The Balaban J connectivity index is 2.11. The number of halogens is 2. The Kier molecular flexibility index (Phi) is 4.60. The smallest absolute Gasteiger partial charge is 0.240 e. The van der Waals surface area contributed by atoms with Gasteiger partial charge in [-0.25, -0.2) is 17.5 Å². The van der Waals surface area contributed by atoms with Crippen molar-refractivity contribution < 1.29 is 12.8 Å². The standard InChI is InChI=1S/C12H16BrFN2O2S/c13-11-6-5-10(7-12(11)14)19(17,18)16-9-3-1-8(15)2-4-9/h5-9,16H,1-4,15H2. The third-order valence-electron chi connectivity index (χ3n) is 3.30. The molecule has 0 amide bonds. The van der Waals surface area contributed by atoms with Crippen molar-refractivity contribution in [1.82, 2.24) is 4.72 Å². The number of rotatable bonds is 3. The Hall–Kier alpha value is -0.500. The molecule has 1 aromatic rings. The Morgan fingerprint density at radius 3 is 2.47 bits per heavy atom. The maximum Gasteiger partial charge on any atom is 0.240 e. The van der Waals surface area contributed by atoms with Gasteiger partial charge >= 0.3 is 0 Å². The molecule has 3 N–H and O–H groups in total. The number of nitrogens with one attached hydrogen (secondary N) is 1. The molecule has 0 saturated heterocycles. The normalized spacial score (nSPS) is 24.4. The van der Waals surface area contributed by atoms with Crippen LogP contribution in [0.25, 0.3) is 0 Å². The zero-order valence-corrected chi connectivity index (χ0v) is 12.7. The first-order valence-electron chi connectivity index (χ1n) is 6.11. The van der Waals surface area contributed by atoms with Gasteiger partial charge in [0.25, 0.3) is 0 Å². The minimum absolute atomic E-state index is 0.0527. The second-order valence-corrected chi connectivity index (χ2v) is 7.38. The highest BCUT2D eigenvalue weighted by atomic mass is 79.9. The number of nitrogens with two attached hydrogens (primary N) is 1. The first kappa shape index (κ1) is 14.9. The van der Waals surface area contributed by atoms with E-state index in [9.17, 15) is 12.8 Å². The summed E-state index contributed by atoms with van der Waals surface area (Å²) in [5.74, 6) is -0.589. The average molecular weight is 351 g/mol. The summed E-state index contributed by atoms with van der Waals surface area (Å²) in [6, 6.07) is 3.83. The maximum absolute atomic E-state index is 13.4. The van der Waals surface area contributed by atoms with E-state index in [2.05, 4.69) is 20.7 Å². The van der Waals surface area contributed by atoms with Crippen LogP contribution in [0.2, 0.25) is 0 Å². The largest absolute Gasteiger partial charge is 0.328 e. The third kappa shape index (κ3) is 3.75. The summed E-state index contributed by atoms with van der Waals surface area (Å²) in [4.78, 5) is -0.0527. The first-order chi connectivity index (χ1) is 8.88. The van der Waals surface area contributed by atoms with Crippen molar-refractivity contribution in [3.63, 3.8) is 0 Å². The van der Waals surface area contributed by atoms with Crippen molar-refractivity contribution in [2.45, 2.75) is 42.7 Å². The average Bonchev–Trinajstić information content (AvgIpc) is 2.35. The molecule has 0 atom stereocenters. The molecular weight excluding hydrogens is 335 g/mol. The van der Waals surface area contributed by atoms with Crippen LogP contribution >= 0.6 is 15.9 Å². The molecule has 0 unspecified atom stereocenters. The molecule has 1 aliphatic carbocycles. The fourth-order valence-electron chi connectivity index (χ4n) is 2.17. The van der Waals surface area contributed by atoms with Crippen LogP contribution in [0.15, 0.2) is 27.6 Å². The van der Waals surface area contributed by atoms with Gasteiger partial charge in [-0.15, -0.1) is 0 Å². The Bertz CT molecular complexity index is 557. The van der Waals surface area contributed by atoms with Crippen molar-refractivity contribution >= 4 is 26.0 Å². The van der Waals surface area contributed by atoms with Crippen LogP contribution < -0.4 is 10.5 Å². The van der Waals surface area contributed by atoms with Gasteiger partial charge in [0.05, 0.1) is 9.37 Å². The predicted molar refractivity (Wildman–Crippen MR) is 74.7 cm³/mol. The molecule has 4 nitrogen and oxygen atoms in total. The lowest BCUT2D eigenvalue weighted by Gasteiger charge is -2.26. The fraction of sp³-hybridized carbons (Fsp3) is 0.500. The van der Waals surface area contributed by atoms with E-state index in [0.29, 0.717) is 0 Å². The lowest BCUT2D eigenvalue weighted by Crippen LogP contribution is -2.40. The molecule has 0 heterocycles. The monoisotopic (exact) mass is 350 g/mol. The lowest BCUT2D eigenvalue weighted by atomic mass is 9.93. The maximum atomic E-state index is 13.4. The van der Waals surface area contributed by atoms with Gasteiger partial charge in [-0.05, 0) is 59.8 Å². The quantitative estimate of drug-likeness (QED) is 0.876. The number of sulfonamides is 1. The summed E-state index contributed by atoms with van der Waals surface area (Å²) in [5, 5.41) is 0. The second-order valence-electron chi connectivity index (χ2n) is 4.81. The van der Waals surface area contributed by atoms with Crippen molar-refractivity contribution in [2.24, 2.45) is 5.73 Å². The minimum Gasteiger partial charge on any atom is -0.328 e. The van der Waals surface area contributed by atoms with E-state index in [0.717, 1.165) is 31.7 Å². The highest BCUT2D eigenvalue weighted by Crippen LogP contribution is 2.22. The van der Waals surface area contributed by atoms with Crippen molar-refractivity contribution in [2.75, 3.05) is 0 Å². The second kappa shape index (κ2) is 5.87. The van der Waals surface area contributed by atoms with Crippen LogP contribution in [0, 0.1) is 5.82 Å². The van der Waals surface area contributed by atoms with Gasteiger partial charge in [0.15, 0.2) is 0 Å². The van der Waals surface area contributed by atoms with Crippen molar-refractivity contribution in [3.05, 3.63) is 28.5 Å². The van der Waals surface area contributed by atoms with Gasteiger partial charge in [-0.1, -0.05) is 0 Å². The van der Waals surface area contributed by atoms with E-state index in [4.69, 9.17) is 5.73 Å². The molecule has 1 aromatic carbocycles. The van der Waals surface area contributed by atoms with Gasteiger partial charge < -0.3 is 5.73 Å². The zero-order chi connectivity index (χ0) is 14.0. The molecule has 1 saturated carbocycles. The van der Waals surface area contributed by atoms with Crippen LogP contribution in [0.4, 0.5) is 4.39 Å². The first-order valence-corrected chi connectivity index (χ1v) is 8.39. The number of benzene rings is 1. The molecule has 2 rings (SSSR count). The summed E-state index contributed by atoms with van der Waals surface area (Å²) in [6.45, 7) is 0. The third-order valence-corrected chi connectivity index (χ3v) is 5.46. The Morgan fingerprint density at radius 2 is 1.89 bits per heavy atom. The molecule has 106 valence electrons. The van der Waals surface area contributed by atoms with E-state index in [-0.39, 0.29) is 21.5 Å². The highest BCUT2D eigenvalue weighted by molar-refractivity contribution is 9.10. The van der Waals surface area contributed by atoms with Crippen LogP contribution in [-0.2, 0) is 10.0 Å². The van der Waals surface area contributed by atoms with Crippen LogP contribution in [0.5, 0.6) is 0 Å². The van der Waals surface area contributed by atoms with Gasteiger partial charge in [0.1, 0.15) is 5.82 Å². The topological polar surface area (TPSA) is 72.2 Å². The van der Waals surface area contributed by atoms with Crippen molar-refractivity contribution in [1.29, 1.82) is 0 Å². The summed E-state index contributed by atoms with van der Waals surface area (Å²) in [7, 11) is -3.67. The summed E-state index contributed by atoms with van der Waals surface area (Å²) < 4.78 is 40.5. The van der Waals surface area contributed by atoms with Gasteiger partial charge in [0, 0.05) is 12.1 Å². The number of hydrogen-bond donors (Lipinski definition) is 2. The molecule has 1 fully saturated rings. The van der Waals surface area contributed by atoms with Gasteiger partial charge in [-0.3, -0.25) is 0 Å². The van der Waals surface area contributed by atoms with E-state index < -0.39 is 15.8 Å². The van der Waals surface area contributed by atoms with Crippen LogP contribution in [-0.4, -0.2) is 20.5 Å². The SMILES string of the molecule is NC1CCC(NS(=O)(=O)c2ccc(Br)c(F)c2)CC1. The molecular formula is C12H16BrFN2O2S. The summed E-state index contributed by atoms with van der Waals surface area (Å²) in [5.41, 5.74) is 5.78. The Labute approximate surface area is 120 Å². The summed E-state index contributed by atoms with van der Waals surface area (Å²) >= 11 is 3.00. The number of hydrogen-bond acceptors (Lipinski definition) is 3. The van der Waals surface area contributed by atoms with E-state index >= 15 is 0 Å². The van der Waals surface area contributed by atoms with Crippen LogP contribution in [0.1, 0.15) is 25.7 Å². The minimum atomic E-state index is -3.67. The predicted octanol–water partition coefficient (Wildman–Crippen LogP) is 2.14. The zero-order valence-electron chi connectivity index (χ0n) is 10.3. The molecule has 0 spiro atoms. The van der Waals surface area contributed by atoms with E-state index in [1.54, 1.807) is 0 Å². The fourth-order valence-corrected chi connectivity index (χ4v) is 3.73. The van der Waals surface area contributed by atoms with Crippen molar-refractivity contribution in [3.8, 4) is 0 Å². The van der Waals surface area contributed by atoms with Gasteiger partial charge in [0.2, 0.25) is 10.0 Å².